The highest BCUT2D eigenvalue weighted by Gasteiger charge is 2.21. The van der Waals surface area contributed by atoms with Gasteiger partial charge in [-0.25, -0.2) is 9.50 Å². The first kappa shape index (κ1) is 16.6. The Kier molecular flexibility index (Phi) is 4.32. The van der Waals surface area contributed by atoms with Gasteiger partial charge >= 0.3 is 0 Å². The second-order valence-corrected chi connectivity index (χ2v) is 6.91. The highest BCUT2D eigenvalue weighted by molar-refractivity contribution is 5.99. The van der Waals surface area contributed by atoms with E-state index in [0.29, 0.717) is 23.7 Å². The summed E-state index contributed by atoms with van der Waals surface area (Å²) in [4.78, 5) is 17.1. The number of aromatic nitrogens is 3. The Morgan fingerprint density at radius 1 is 1.38 bits per heavy atom. The SMILES string of the molecule is COc1cccc(CNC(=O)c2cnn3c4c(cnc23)C[C@H](C)CC4)c1. The van der Waals surface area contributed by atoms with E-state index in [2.05, 4.69) is 22.3 Å². The summed E-state index contributed by atoms with van der Waals surface area (Å²) in [5.74, 6) is 1.28. The largest absolute Gasteiger partial charge is 0.497 e. The van der Waals surface area contributed by atoms with E-state index >= 15 is 0 Å². The molecule has 4 rings (SSSR count). The zero-order valence-electron chi connectivity index (χ0n) is 15.0. The van der Waals surface area contributed by atoms with Crippen LogP contribution in [0.1, 0.15) is 40.5 Å². The van der Waals surface area contributed by atoms with Crippen molar-refractivity contribution in [1.82, 2.24) is 19.9 Å². The van der Waals surface area contributed by atoms with Gasteiger partial charge < -0.3 is 10.1 Å². The average Bonchev–Trinajstić information content (AvgIpc) is 3.10. The number of nitrogens with one attached hydrogen (secondary N) is 1. The van der Waals surface area contributed by atoms with Gasteiger partial charge in [-0.15, -0.1) is 0 Å². The molecule has 0 saturated heterocycles. The number of hydrogen-bond acceptors (Lipinski definition) is 4. The smallest absolute Gasteiger partial charge is 0.257 e. The number of benzene rings is 1. The van der Waals surface area contributed by atoms with Crippen LogP contribution in [0.5, 0.6) is 5.75 Å². The van der Waals surface area contributed by atoms with E-state index in [-0.39, 0.29) is 5.91 Å². The standard InChI is InChI=1S/C20H22N4O2/c1-13-6-7-18-15(8-13)11-21-19-17(12-23-24(18)19)20(25)22-10-14-4-3-5-16(9-14)26-2/h3-5,9,11-13H,6-8,10H2,1-2H3,(H,22,25)/t13-/m1/s1. The molecule has 1 aliphatic rings. The van der Waals surface area contributed by atoms with Crippen LogP contribution in [-0.4, -0.2) is 27.6 Å². The van der Waals surface area contributed by atoms with Crippen molar-refractivity contribution in [3.63, 3.8) is 0 Å². The molecule has 134 valence electrons. The fourth-order valence-corrected chi connectivity index (χ4v) is 3.53. The maximum absolute atomic E-state index is 12.6. The Morgan fingerprint density at radius 3 is 3.12 bits per heavy atom. The van der Waals surface area contributed by atoms with Gasteiger partial charge in [-0.2, -0.15) is 5.10 Å². The average molecular weight is 350 g/mol. The van der Waals surface area contributed by atoms with Crippen molar-refractivity contribution in [2.45, 2.75) is 32.7 Å². The van der Waals surface area contributed by atoms with Crippen LogP contribution in [0.2, 0.25) is 0 Å². The molecule has 1 aliphatic carbocycles. The van der Waals surface area contributed by atoms with Crippen LogP contribution in [0, 0.1) is 5.92 Å². The van der Waals surface area contributed by atoms with Crippen molar-refractivity contribution in [2.24, 2.45) is 5.92 Å². The van der Waals surface area contributed by atoms with Crippen LogP contribution in [-0.2, 0) is 19.4 Å². The number of methoxy groups -OCH3 is 1. The Bertz CT molecular complexity index is 964. The zero-order chi connectivity index (χ0) is 18.1. The molecule has 6 heteroatoms. The molecule has 0 aliphatic heterocycles. The Morgan fingerprint density at radius 2 is 2.27 bits per heavy atom. The van der Waals surface area contributed by atoms with Crippen molar-refractivity contribution < 1.29 is 9.53 Å². The van der Waals surface area contributed by atoms with Crippen LogP contribution in [0.4, 0.5) is 0 Å². The summed E-state index contributed by atoms with van der Waals surface area (Å²) in [5, 5.41) is 7.38. The molecule has 1 amide bonds. The lowest BCUT2D eigenvalue weighted by molar-refractivity contribution is 0.0952. The first-order valence-electron chi connectivity index (χ1n) is 8.91. The van der Waals surface area contributed by atoms with E-state index in [9.17, 15) is 4.79 Å². The second-order valence-electron chi connectivity index (χ2n) is 6.91. The summed E-state index contributed by atoms with van der Waals surface area (Å²) in [6, 6.07) is 7.65. The van der Waals surface area contributed by atoms with E-state index in [1.807, 2.05) is 35.0 Å². The first-order chi connectivity index (χ1) is 12.7. The van der Waals surface area contributed by atoms with E-state index in [4.69, 9.17) is 4.74 Å². The van der Waals surface area contributed by atoms with Gasteiger partial charge in [-0.05, 0) is 48.4 Å². The number of nitrogens with zero attached hydrogens (tertiary/aromatic N) is 3. The quantitative estimate of drug-likeness (QED) is 0.786. The van der Waals surface area contributed by atoms with Gasteiger partial charge in [0.1, 0.15) is 11.3 Å². The van der Waals surface area contributed by atoms with E-state index in [1.54, 1.807) is 13.3 Å². The maximum atomic E-state index is 12.6. The predicted molar refractivity (Wildman–Crippen MR) is 98.3 cm³/mol. The van der Waals surface area contributed by atoms with Crippen molar-refractivity contribution in [1.29, 1.82) is 0 Å². The summed E-state index contributed by atoms with van der Waals surface area (Å²) in [5.41, 5.74) is 4.53. The summed E-state index contributed by atoms with van der Waals surface area (Å²) < 4.78 is 7.05. The number of carbonyl (C=O) groups is 1. The van der Waals surface area contributed by atoms with Crippen molar-refractivity contribution in [2.75, 3.05) is 7.11 Å². The number of fused-ring (bicyclic) bond motifs is 3. The lowest BCUT2D eigenvalue weighted by Crippen LogP contribution is -2.23. The predicted octanol–water partition coefficient (Wildman–Crippen LogP) is 2.79. The summed E-state index contributed by atoms with van der Waals surface area (Å²) >= 11 is 0. The molecule has 0 unspecified atom stereocenters. The van der Waals surface area contributed by atoms with Gasteiger partial charge in [0, 0.05) is 18.4 Å². The van der Waals surface area contributed by atoms with E-state index in [0.717, 1.165) is 30.6 Å². The summed E-state index contributed by atoms with van der Waals surface area (Å²) in [7, 11) is 1.63. The lowest BCUT2D eigenvalue weighted by atomic mass is 9.89. The molecule has 1 N–H and O–H groups in total. The van der Waals surface area contributed by atoms with Crippen LogP contribution in [0.25, 0.3) is 5.65 Å². The minimum atomic E-state index is -0.167. The van der Waals surface area contributed by atoms with Crippen LogP contribution >= 0.6 is 0 Å². The third-order valence-electron chi connectivity index (χ3n) is 4.99. The third kappa shape index (κ3) is 3.03. The van der Waals surface area contributed by atoms with Crippen LogP contribution in [0.3, 0.4) is 0 Å². The van der Waals surface area contributed by atoms with Gasteiger partial charge in [-0.1, -0.05) is 19.1 Å². The normalized spacial score (nSPS) is 16.3. The minimum absolute atomic E-state index is 0.167. The number of amides is 1. The van der Waals surface area contributed by atoms with Crippen LogP contribution in [0.15, 0.2) is 36.7 Å². The number of aryl methyl sites for hydroxylation is 1. The van der Waals surface area contributed by atoms with Gasteiger partial charge in [0.2, 0.25) is 0 Å². The summed E-state index contributed by atoms with van der Waals surface area (Å²) in [6.07, 6.45) is 6.66. The highest BCUT2D eigenvalue weighted by atomic mass is 16.5. The Labute approximate surface area is 152 Å². The summed E-state index contributed by atoms with van der Waals surface area (Å²) in [6.45, 7) is 2.68. The molecule has 0 spiro atoms. The maximum Gasteiger partial charge on any atom is 0.257 e. The molecule has 0 radical (unpaired) electrons. The molecule has 2 aromatic heterocycles. The van der Waals surface area contributed by atoms with E-state index < -0.39 is 0 Å². The fraction of sp³-hybridized carbons (Fsp3) is 0.350. The molecule has 0 fully saturated rings. The van der Waals surface area contributed by atoms with Gasteiger partial charge in [0.25, 0.3) is 5.91 Å². The first-order valence-corrected chi connectivity index (χ1v) is 8.91. The molecule has 1 aromatic carbocycles. The monoisotopic (exact) mass is 350 g/mol. The molecule has 0 saturated carbocycles. The van der Waals surface area contributed by atoms with Crippen molar-refractivity contribution in [3.8, 4) is 5.75 Å². The number of rotatable bonds is 4. The van der Waals surface area contributed by atoms with Gasteiger partial charge in [0.15, 0.2) is 5.65 Å². The number of ether oxygens (including phenoxy) is 1. The van der Waals surface area contributed by atoms with Crippen molar-refractivity contribution >= 4 is 11.6 Å². The molecule has 3 aromatic rings. The molecule has 2 heterocycles. The lowest BCUT2D eigenvalue weighted by Gasteiger charge is -2.21. The molecule has 0 bridgehead atoms. The molecule has 6 nitrogen and oxygen atoms in total. The fourth-order valence-electron chi connectivity index (χ4n) is 3.53. The zero-order valence-corrected chi connectivity index (χ0v) is 15.0. The molecule has 1 atom stereocenters. The van der Waals surface area contributed by atoms with Gasteiger partial charge in [-0.3, -0.25) is 4.79 Å². The van der Waals surface area contributed by atoms with E-state index in [1.165, 1.54) is 11.3 Å². The van der Waals surface area contributed by atoms with Crippen LogP contribution < -0.4 is 10.1 Å². The molecule has 26 heavy (non-hydrogen) atoms. The number of carbonyl (C=O) groups excluding carboxylic acids is 1. The van der Waals surface area contributed by atoms with Gasteiger partial charge in [0.05, 0.1) is 13.3 Å². The topological polar surface area (TPSA) is 68.5 Å². The molecular formula is C20H22N4O2. The minimum Gasteiger partial charge on any atom is -0.497 e. The number of hydrogen-bond donors (Lipinski definition) is 1. The van der Waals surface area contributed by atoms with Crippen molar-refractivity contribution in [3.05, 3.63) is 59.0 Å². The second kappa shape index (κ2) is 6.78. The Hall–Kier alpha value is -2.89. The molecular weight excluding hydrogens is 328 g/mol. The Balaban J connectivity index is 1.55. The highest BCUT2D eigenvalue weighted by Crippen LogP contribution is 2.25. The third-order valence-corrected chi connectivity index (χ3v) is 4.99.